The minimum atomic E-state index is -3.72. The van der Waals surface area contributed by atoms with Crippen LogP contribution in [0.25, 0.3) is 0 Å². The lowest BCUT2D eigenvalue weighted by molar-refractivity contribution is -0.118. The average Bonchev–Trinajstić information content (AvgIpc) is 2.48. The summed E-state index contributed by atoms with van der Waals surface area (Å²) in [6, 6.07) is 4.99. The lowest BCUT2D eigenvalue weighted by atomic mass is 10.2. The van der Waals surface area contributed by atoms with E-state index in [4.69, 9.17) is 4.74 Å². The Bertz CT molecular complexity index is 717. The summed E-state index contributed by atoms with van der Waals surface area (Å²) < 4.78 is 32.9. The smallest absolute Gasteiger partial charge is 0.286 e. The van der Waals surface area contributed by atoms with Crippen LogP contribution in [-0.2, 0) is 19.6 Å². The van der Waals surface area contributed by atoms with Crippen LogP contribution >= 0.6 is 11.8 Å². The number of thioether (sulfide) groups is 1. The van der Waals surface area contributed by atoms with Gasteiger partial charge in [0.15, 0.2) is 5.17 Å². The minimum absolute atomic E-state index is 0.0927. The van der Waals surface area contributed by atoms with Crippen LogP contribution in [0.1, 0.15) is 12.0 Å². The largest absolute Gasteiger partial charge is 0.385 e. The molecule has 126 valence electrons. The lowest BCUT2D eigenvalue weighted by Crippen LogP contribution is -2.28. The van der Waals surface area contributed by atoms with Crippen LogP contribution in [0.3, 0.4) is 0 Å². The van der Waals surface area contributed by atoms with Crippen LogP contribution in [0.15, 0.2) is 27.5 Å². The zero-order valence-corrected chi connectivity index (χ0v) is 14.6. The van der Waals surface area contributed by atoms with Crippen molar-refractivity contribution in [2.24, 2.45) is 4.40 Å². The van der Waals surface area contributed by atoms with Crippen molar-refractivity contribution >= 4 is 38.5 Å². The molecule has 23 heavy (non-hydrogen) atoms. The molecule has 0 bridgehead atoms. The van der Waals surface area contributed by atoms with Gasteiger partial charge in [0.25, 0.3) is 10.0 Å². The summed E-state index contributed by atoms with van der Waals surface area (Å²) >= 11 is 1.06. The van der Waals surface area contributed by atoms with Gasteiger partial charge in [-0.2, -0.15) is 8.42 Å². The molecule has 0 aliphatic carbocycles. The molecule has 0 fully saturated rings. The molecule has 0 atom stereocenters. The molecule has 0 radical (unpaired) electrons. The topological polar surface area (TPSA) is 96.9 Å². The molecule has 0 unspecified atom stereocenters. The van der Waals surface area contributed by atoms with Gasteiger partial charge in [-0.15, -0.1) is 4.40 Å². The molecule has 1 aromatic carbocycles. The van der Waals surface area contributed by atoms with Gasteiger partial charge in [0.2, 0.25) is 5.91 Å². The Balaban J connectivity index is 1.95. The summed E-state index contributed by atoms with van der Waals surface area (Å²) in [5.74, 6) is -0.0850. The summed E-state index contributed by atoms with van der Waals surface area (Å²) in [5.41, 5.74) is 1.43. The number of amidine groups is 1. The Morgan fingerprint density at radius 3 is 2.96 bits per heavy atom. The molecule has 0 aromatic heterocycles. The van der Waals surface area contributed by atoms with Gasteiger partial charge in [-0.05, 0) is 31.0 Å². The lowest BCUT2D eigenvalue weighted by Gasteiger charge is -2.18. The minimum Gasteiger partial charge on any atom is -0.385 e. The fourth-order valence-corrected chi connectivity index (χ4v) is 4.00. The Morgan fingerprint density at radius 1 is 1.43 bits per heavy atom. The van der Waals surface area contributed by atoms with Crippen LogP contribution < -0.4 is 10.6 Å². The van der Waals surface area contributed by atoms with E-state index >= 15 is 0 Å². The predicted molar refractivity (Wildman–Crippen MR) is 91.4 cm³/mol. The van der Waals surface area contributed by atoms with Crippen LogP contribution in [0, 0.1) is 6.92 Å². The normalized spacial score (nSPS) is 15.3. The van der Waals surface area contributed by atoms with E-state index in [0.29, 0.717) is 18.8 Å². The van der Waals surface area contributed by atoms with Gasteiger partial charge in [-0.3, -0.25) is 4.79 Å². The predicted octanol–water partition coefficient (Wildman–Crippen LogP) is 1.35. The van der Waals surface area contributed by atoms with Gasteiger partial charge in [0.05, 0.1) is 11.4 Å². The number of sulfonamides is 1. The number of benzene rings is 1. The van der Waals surface area contributed by atoms with Gasteiger partial charge in [0, 0.05) is 20.3 Å². The van der Waals surface area contributed by atoms with Crippen molar-refractivity contribution in [1.82, 2.24) is 5.32 Å². The Morgan fingerprint density at radius 2 is 2.22 bits per heavy atom. The van der Waals surface area contributed by atoms with E-state index in [1.165, 1.54) is 6.07 Å². The number of fused-ring (bicyclic) bond motifs is 1. The highest BCUT2D eigenvalue weighted by Gasteiger charge is 2.25. The molecule has 7 nitrogen and oxygen atoms in total. The number of ether oxygens (including phenoxy) is 1. The molecule has 1 aliphatic rings. The highest BCUT2D eigenvalue weighted by Crippen LogP contribution is 2.30. The number of carbonyl (C=O) groups is 1. The standard InChI is InChI=1S/C14H19N3O4S2/c1-10-4-5-12-11(8-10)16-14(17-23(12,19)20)22-9-13(18)15-6-3-7-21-2/h4-5,8H,3,6-7,9H2,1-2H3,(H,15,18)(H,16,17). The van der Waals surface area contributed by atoms with E-state index in [1.54, 1.807) is 19.2 Å². The second-order valence-electron chi connectivity index (χ2n) is 4.98. The Labute approximate surface area is 139 Å². The number of carbonyl (C=O) groups excluding carboxylic acids is 1. The zero-order valence-electron chi connectivity index (χ0n) is 13.0. The van der Waals surface area contributed by atoms with Crippen molar-refractivity contribution in [2.45, 2.75) is 18.2 Å². The van der Waals surface area contributed by atoms with Crippen molar-refractivity contribution in [1.29, 1.82) is 0 Å². The quantitative estimate of drug-likeness (QED) is 0.746. The second kappa shape index (κ2) is 7.80. The van der Waals surface area contributed by atoms with E-state index in [9.17, 15) is 13.2 Å². The molecule has 0 spiro atoms. The van der Waals surface area contributed by atoms with Crippen LogP contribution in [0.2, 0.25) is 0 Å². The zero-order chi connectivity index (χ0) is 16.9. The third-order valence-corrected chi connectivity index (χ3v) is 5.37. The van der Waals surface area contributed by atoms with Crippen LogP contribution in [-0.4, -0.2) is 45.5 Å². The Kier molecular flexibility index (Phi) is 6.03. The third-order valence-electron chi connectivity index (χ3n) is 3.05. The summed E-state index contributed by atoms with van der Waals surface area (Å²) in [6.45, 7) is 2.98. The molecule has 2 N–H and O–H groups in total. The molecule has 0 saturated carbocycles. The van der Waals surface area contributed by atoms with Gasteiger partial charge in [0.1, 0.15) is 4.90 Å². The number of methoxy groups -OCH3 is 1. The molecule has 1 aromatic rings. The van der Waals surface area contributed by atoms with E-state index in [-0.39, 0.29) is 21.7 Å². The van der Waals surface area contributed by atoms with E-state index in [2.05, 4.69) is 15.0 Å². The second-order valence-corrected chi connectivity index (χ2v) is 7.52. The first-order chi connectivity index (χ1) is 10.9. The highest BCUT2D eigenvalue weighted by molar-refractivity contribution is 8.15. The SMILES string of the molecule is COCCCNC(=O)CSC1=NS(=O)(=O)c2ccc(C)cc2N1. The number of amides is 1. The first kappa shape index (κ1) is 17.8. The average molecular weight is 357 g/mol. The molecule has 0 saturated heterocycles. The number of nitrogens with zero attached hydrogens (tertiary/aromatic N) is 1. The van der Waals surface area contributed by atoms with Crippen LogP contribution in [0.5, 0.6) is 0 Å². The summed E-state index contributed by atoms with van der Waals surface area (Å²) in [7, 11) is -2.12. The fraction of sp³-hybridized carbons (Fsp3) is 0.429. The van der Waals surface area contributed by atoms with Crippen molar-refractivity contribution in [3.8, 4) is 0 Å². The fourth-order valence-electron chi connectivity index (χ4n) is 1.95. The number of anilines is 1. The van der Waals surface area contributed by atoms with Gasteiger partial charge in [-0.25, -0.2) is 0 Å². The van der Waals surface area contributed by atoms with Crippen molar-refractivity contribution < 1.29 is 17.9 Å². The monoisotopic (exact) mass is 357 g/mol. The summed E-state index contributed by atoms with van der Waals surface area (Å²) in [4.78, 5) is 11.9. The summed E-state index contributed by atoms with van der Waals surface area (Å²) in [6.07, 6.45) is 0.729. The highest BCUT2D eigenvalue weighted by atomic mass is 32.2. The van der Waals surface area contributed by atoms with E-state index < -0.39 is 10.0 Å². The van der Waals surface area contributed by atoms with E-state index in [0.717, 1.165) is 23.7 Å². The van der Waals surface area contributed by atoms with Gasteiger partial charge in [-0.1, -0.05) is 17.8 Å². The molecule has 1 heterocycles. The van der Waals surface area contributed by atoms with Crippen molar-refractivity contribution in [3.05, 3.63) is 23.8 Å². The summed E-state index contributed by atoms with van der Waals surface area (Å²) in [5, 5.41) is 5.90. The number of hydrogen-bond donors (Lipinski definition) is 2. The van der Waals surface area contributed by atoms with Gasteiger partial charge >= 0.3 is 0 Å². The first-order valence-corrected chi connectivity index (χ1v) is 9.46. The van der Waals surface area contributed by atoms with Crippen molar-refractivity contribution in [2.75, 3.05) is 31.3 Å². The number of aryl methyl sites for hydroxylation is 1. The molecular weight excluding hydrogens is 338 g/mol. The molecule has 1 amide bonds. The maximum absolute atomic E-state index is 12.1. The number of hydrogen-bond acceptors (Lipinski definition) is 6. The Hall–Kier alpha value is -1.58. The molecular formula is C14H19N3O4S2. The van der Waals surface area contributed by atoms with Gasteiger partial charge < -0.3 is 15.4 Å². The maximum atomic E-state index is 12.1. The first-order valence-electron chi connectivity index (χ1n) is 7.03. The maximum Gasteiger partial charge on any atom is 0.286 e. The molecule has 2 rings (SSSR count). The van der Waals surface area contributed by atoms with Crippen LogP contribution in [0.4, 0.5) is 5.69 Å². The molecule has 1 aliphatic heterocycles. The third kappa shape index (κ3) is 4.95. The number of nitrogens with one attached hydrogen (secondary N) is 2. The number of rotatable bonds is 6. The van der Waals surface area contributed by atoms with E-state index in [1.807, 2.05) is 6.92 Å². The van der Waals surface area contributed by atoms with Crippen molar-refractivity contribution in [3.63, 3.8) is 0 Å². The molecule has 9 heteroatoms.